The van der Waals surface area contributed by atoms with Crippen molar-refractivity contribution in [3.8, 4) is 0 Å². The van der Waals surface area contributed by atoms with E-state index >= 15 is 0 Å². The fourth-order valence-electron chi connectivity index (χ4n) is 0.596. The second-order valence-corrected chi connectivity index (χ2v) is 5.06. The first kappa shape index (κ1) is 10.8. The van der Waals surface area contributed by atoms with Crippen molar-refractivity contribution in [3.63, 3.8) is 0 Å². The molecule has 3 nitrogen and oxygen atoms in total. The highest BCUT2D eigenvalue weighted by atomic mass is 32.2. The largest absolute Gasteiger partial charge is 0.480 e. The van der Waals surface area contributed by atoms with Gasteiger partial charge >= 0.3 is 5.97 Å². The van der Waals surface area contributed by atoms with Crippen LogP contribution in [0.25, 0.3) is 0 Å². The number of carboxylic acid groups (broad SMARTS) is 1. The average molecular weight is 178 g/mol. The van der Waals surface area contributed by atoms with E-state index in [2.05, 4.69) is 13.2 Å². The van der Waals surface area contributed by atoms with E-state index in [4.69, 9.17) is 10.8 Å². The van der Waals surface area contributed by atoms with E-state index in [-0.39, 0.29) is 0 Å². The van der Waals surface area contributed by atoms with E-state index in [1.165, 1.54) is 0 Å². The van der Waals surface area contributed by atoms with Gasteiger partial charge in [-0.25, -0.2) is 0 Å². The lowest BCUT2D eigenvalue weighted by Gasteiger charge is -2.04. The third-order valence-electron chi connectivity index (χ3n) is 1.59. The third-order valence-corrected chi connectivity index (χ3v) is 3.51. The van der Waals surface area contributed by atoms with Crippen LogP contribution in [0.2, 0.25) is 0 Å². The summed E-state index contributed by atoms with van der Waals surface area (Å²) in [4.78, 5) is 10.3. The first-order valence-corrected chi connectivity index (χ1v) is 5.62. The molecule has 0 aliphatic rings. The zero-order chi connectivity index (χ0) is 8.85. The smallest absolute Gasteiger partial charge is 0.320 e. The Balaban J connectivity index is 3.45. The van der Waals surface area contributed by atoms with Gasteiger partial charge in [-0.1, -0.05) is 0 Å². The van der Waals surface area contributed by atoms with Crippen LogP contribution in [-0.4, -0.2) is 34.9 Å². The minimum Gasteiger partial charge on any atom is -0.480 e. The molecule has 0 aromatic rings. The monoisotopic (exact) mass is 178 g/mol. The van der Waals surface area contributed by atoms with Gasteiger partial charge in [0.25, 0.3) is 0 Å². The normalized spacial score (nSPS) is 15.9. The summed E-state index contributed by atoms with van der Waals surface area (Å²) >= 11 is 0. The average Bonchev–Trinajstić information content (AvgIpc) is 1.99. The number of rotatable bonds is 5. The highest BCUT2D eigenvalue weighted by molar-refractivity contribution is 7.96. The summed E-state index contributed by atoms with van der Waals surface area (Å²) in [5.41, 5.74) is 5.32. The van der Waals surface area contributed by atoms with E-state index in [0.29, 0.717) is 17.3 Å². The van der Waals surface area contributed by atoms with Crippen molar-refractivity contribution in [2.24, 2.45) is 5.73 Å². The van der Waals surface area contributed by atoms with Crippen LogP contribution >= 0.6 is 0 Å². The SMILES string of the molecule is CC[S+](C)CC[C@H](N)C(=O)O. The summed E-state index contributed by atoms with van der Waals surface area (Å²) in [5.74, 6) is 1.16. The molecule has 0 fully saturated rings. The Hall–Kier alpha value is -0.220. The van der Waals surface area contributed by atoms with Gasteiger partial charge in [-0.15, -0.1) is 0 Å². The molecule has 0 saturated carbocycles. The molecular weight excluding hydrogens is 162 g/mol. The molecule has 0 bridgehead atoms. The highest BCUT2D eigenvalue weighted by Gasteiger charge is 2.15. The van der Waals surface area contributed by atoms with Crippen LogP contribution in [0.4, 0.5) is 0 Å². The second kappa shape index (κ2) is 5.43. The minimum absolute atomic E-state index is 0.343. The third kappa shape index (κ3) is 5.09. The number of nitrogens with two attached hydrogens (primary N) is 1. The maximum atomic E-state index is 10.3. The van der Waals surface area contributed by atoms with Crippen molar-refractivity contribution in [1.29, 1.82) is 0 Å². The number of carboxylic acids is 1. The molecule has 66 valence electrons. The lowest BCUT2D eigenvalue weighted by Crippen LogP contribution is -2.32. The summed E-state index contributed by atoms with van der Waals surface area (Å²) in [6, 6.07) is -0.670. The fourth-order valence-corrected chi connectivity index (χ4v) is 1.54. The van der Waals surface area contributed by atoms with E-state index < -0.39 is 12.0 Å². The maximum Gasteiger partial charge on any atom is 0.320 e. The molecule has 0 amide bonds. The summed E-state index contributed by atoms with van der Waals surface area (Å²) in [7, 11) is 0.343. The summed E-state index contributed by atoms with van der Waals surface area (Å²) in [6.45, 7) is 2.11. The molecule has 0 aromatic heterocycles. The van der Waals surface area contributed by atoms with E-state index in [1.54, 1.807) is 0 Å². The van der Waals surface area contributed by atoms with Crippen molar-refractivity contribution < 1.29 is 9.90 Å². The van der Waals surface area contributed by atoms with Crippen LogP contribution < -0.4 is 5.73 Å². The second-order valence-electron chi connectivity index (χ2n) is 2.51. The van der Waals surface area contributed by atoms with Gasteiger partial charge in [0.1, 0.15) is 17.5 Å². The van der Waals surface area contributed by atoms with E-state index in [1.807, 2.05) is 0 Å². The van der Waals surface area contributed by atoms with Crippen LogP contribution in [-0.2, 0) is 15.7 Å². The molecule has 2 atom stereocenters. The highest BCUT2D eigenvalue weighted by Crippen LogP contribution is 1.97. The summed E-state index contributed by atoms with van der Waals surface area (Å²) < 4.78 is 0. The van der Waals surface area contributed by atoms with Crippen molar-refractivity contribution in [1.82, 2.24) is 0 Å². The Morgan fingerprint density at radius 3 is 2.64 bits per heavy atom. The molecule has 0 rings (SSSR count). The molecule has 0 saturated heterocycles. The Kier molecular flexibility index (Phi) is 5.32. The maximum absolute atomic E-state index is 10.3. The molecule has 0 radical (unpaired) electrons. The van der Waals surface area contributed by atoms with Crippen molar-refractivity contribution in [2.45, 2.75) is 19.4 Å². The first-order chi connectivity index (χ1) is 5.07. The number of hydrogen-bond donors (Lipinski definition) is 2. The molecule has 0 spiro atoms. The Bertz CT molecular complexity index is 130. The van der Waals surface area contributed by atoms with Crippen molar-refractivity contribution >= 4 is 16.9 Å². The molecule has 0 aliphatic heterocycles. The summed E-state index contributed by atoms with van der Waals surface area (Å²) in [6.07, 6.45) is 2.73. The molecule has 0 heterocycles. The first-order valence-electron chi connectivity index (χ1n) is 3.65. The zero-order valence-electron chi connectivity index (χ0n) is 7.04. The van der Waals surface area contributed by atoms with Crippen LogP contribution in [0.3, 0.4) is 0 Å². The van der Waals surface area contributed by atoms with Crippen LogP contribution in [0, 0.1) is 0 Å². The molecule has 0 aliphatic carbocycles. The van der Waals surface area contributed by atoms with Crippen LogP contribution in [0.1, 0.15) is 13.3 Å². The standard InChI is InChI=1S/C7H15NO2S/c1-3-11(2)5-4-6(8)7(9)10/h6H,3-5,8H2,1-2H3/p+1/t6-,11?/m0/s1. The molecular formula is C7H16NO2S+. The molecule has 3 N–H and O–H groups in total. The number of hydrogen-bond acceptors (Lipinski definition) is 2. The predicted octanol–water partition coefficient (Wildman–Crippen LogP) is 0.0564. The molecule has 4 heteroatoms. The Labute approximate surface area is 70.3 Å². The van der Waals surface area contributed by atoms with Gasteiger partial charge in [-0.3, -0.25) is 4.79 Å². The van der Waals surface area contributed by atoms with Crippen LogP contribution in [0.15, 0.2) is 0 Å². The van der Waals surface area contributed by atoms with E-state index in [0.717, 1.165) is 11.5 Å². The Morgan fingerprint density at radius 1 is 1.73 bits per heavy atom. The summed E-state index contributed by atoms with van der Waals surface area (Å²) in [5, 5.41) is 8.45. The Morgan fingerprint density at radius 2 is 2.27 bits per heavy atom. The molecule has 0 aromatic carbocycles. The zero-order valence-corrected chi connectivity index (χ0v) is 7.86. The number of carbonyl (C=O) groups is 1. The van der Waals surface area contributed by atoms with Gasteiger partial charge in [-0.05, 0) is 17.8 Å². The molecule has 1 unspecified atom stereocenters. The van der Waals surface area contributed by atoms with Gasteiger partial charge in [0.2, 0.25) is 0 Å². The van der Waals surface area contributed by atoms with Gasteiger partial charge < -0.3 is 10.8 Å². The lowest BCUT2D eigenvalue weighted by molar-refractivity contribution is -0.138. The van der Waals surface area contributed by atoms with Crippen molar-refractivity contribution in [3.05, 3.63) is 0 Å². The van der Waals surface area contributed by atoms with E-state index in [9.17, 15) is 4.79 Å². The van der Waals surface area contributed by atoms with Gasteiger partial charge in [0.15, 0.2) is 0 Å². The quantitative estimate of drug-likeness (QED) is 0.585. The molecule has 11 heavy (non-hydrogen) atoms. The predicted molar refractivity (Wildman–Crippen MR) is 48.9 cm³/mol. The van der Waals surface area contributed by atoms with Crippen molar-refractivity contribution in [2.75, 3.05) is 17.8 Å². The lowest BCUT2D eigenvalue weighted by atomic mass is 10.2. The van der Waals surface area contributed by atoms with Gasteiger partial charge in [0.05, 0.1) is 6.26 Å². The van der Waals surface area contributed by atoms with Gasteiger partial charge in [-0.2, -0.15) is 0 Å². The fraction of sp³-hybridized carbons (Fsp3) is 0.857. The minimum atomic E-state index is -0.891. The van der Waals surface area contributed by atoms with Gasteiger partial charge in [0, 0.05) is 6.42 Å². The topological polar surface area (TPSA) is 63.3 Å². The number of aliphatic carboxylic acids is 1. The van der Waals surface area contributed by atoms with Crippen LogP contribution in [0.5, 0.6) is 0 Å².